The quantitative estimate of drug-likeness (QED) is 0.464. The molecule has 0 fully saturated rings. The highest BCUT2D eigenvalue weighted by Gasteiger charge is 2.14. The maximum atomic E-state index is 12.9. The van der Waals surface area contributed by atoms with E-state index in [9.17, 15) is 4.39 Å². The Labute approximate surface area is 163 Å². The van der Waals surface area contributed by atoms with Gasteiger partial charge in [-0.3, -0.25) is 0 Å². The van der Waals surface area contributed by atoms with Gasteiger partial charge in [-0.15, -0.1) is 10.2 Å². The second kappa shape index (κ2) is 8.61. The van der Waals surface area contributed by atoms with Crippen LogP contribution >= 0.6 is 34.7 Å². The molecule has 10 heteroatoms. The third-order valence-corrected chi connectivity index (χ3v) is 5.76. The Morgan fingerprint density at radius 3 is 2.69 bits per heavy atom. The van der Waals surface area contributed by atoms with E-state index in [0.717, 1.165) is 21.3 Å². The first kappa shape index (κ1) is 18.8. The standard InChI is InChI=1S/C16H16ClFN6S2/c1-24(2)14-12(13(17)20-9-21-14)8-25-16-23-22-15(26-16)19-7-10-3-5-11(18)6-4-10/h3-6,9H,7-8H2,1-2H3,(H,19,22). The molecule has 0 bridgehead atoms. The van der Waals surface area contributed by atoms with E-state index < -0.39 is 0 Å². The van der Waals surface area contributed by atoms with Gasteiger partial charge in [0.15, 0.2) is 4.34 Å². The molecule has 0 radical (unpaired) electrons. The van der Waals surface area contributed by atoms with E-state index in [2.05, 4.69) is 25.5 Å². The molecule has 0 saturated carbocycles. The summed E-state index contributed by atoms with van der Waals surface area (Å²) in [5.41, 5.74) is 1.83. The van der Waals surface area contributed by atoms with Crippen LogP contribution in [-0.4, -0.2) is 34.3 Å². The van der Waals surface area contributed by atoms with Gasteiger partial charge in [0.2, 0.25) is 5.13 Å². The first-order chi connectivity index (χ1) is 12.5. The van der Waals surface area contributed by atoms with Crippen LogP contribution < -0.4 is 10.2 Å². The summed E-state index contributed by atoms with van der Waals surface area (Å²) < 4.78 is 13.7. The number of hydrogen-bond acceptors (Lipinski definition) is 8. The number of benzene rings is 1. The summed E-state index contributed by atoms with van der Waals surface area (Å²) in [5.74, 6) is 1.14. The van der Waals surface area contributed by atoms with Crippen molar-refractivity contribution >= 4 is 45.6 Å². The first-order valence-electron chi connectivity index (χ1n) is 7.64. The van der Waals surface area contributed by atoms with Crippen LogP contribution in [0.3, 0.4) is 0 Å². The molecule has 3 rings (SSSR count). The fourth-order valence-corrected chi connectivity index (χ4v) is 4.17. The van der Waals surface area contributed by atoms with E-state index in [4.69, 9.17) is 11.6 Å². The number of anilines is 2. The number of hydrogen-bond donors (Lipinski definition) is 1. The molecule has 2 heterocycles. The molecule has 0 amide bonds. The highest BCUT2D eigenvalue weighted by Crippen LogP contribution is 2.33. The predicted octanol–water partition coefficient (Wildman–Crippen LogP) is 4.09. The number of rotatable bonds is 7. The number of thioether (sulfide) groups is 1. The molecule has 3 aromatic rings. The minimum absolute atomic E-state index is 0.246. The Balaban J connectivity index is 1.60. The summed E-state index contributed by atoms with van der Waals surface area (Å²) in [7, 11) is 3.82. The number of nitrogens with one attached hydrogen (secondary N) is 1. The van der Waals surface area contributed by atoms with E-state index in [1.165, 1.54) is 41.6 Å². The lowest BCUT2D eigenvalue weighted by atomic mass is 10.2. The number of halogens is 2. The molecule has 136 valence electrons. The number of aromatic nitrogens is 4. The van der Waals surface area contributed by atoms with Crippen LogP contribution in [-0.2, 0) is 12.3 Å². The molecule has 6 nitrogen and oxygen atoms in total. The summed E-state index contributed by atoms with van der Waals surface area (Å²) in [6.07, 6.45) is 1.45. The maximum absolute atomic E-state index is 12.9. The van der Waals surface area contributed by atoms with Crippen molar-refractivity contribution in [2.45, 2.75) is 16.6 Å². The molecular formula is C16H16ClFN6S2. The van der Waals surface area contributed by atoms with Crippen LogP contribution in [0.15, 0.2) is 34.9 Å². The molecule has 26 heavy (non-hydrogen) atoms. The maximum Gasteiger partial charge on any atom is 0.206 e. The zero-order valence-electron chi connectivity index (χ0n) is 14.1. The highest BCUT2D eigenvalue weighted by molar-refractivity contribution is 8.00. The second-order valence-corrected chi connectivity index (χ2v) is 8.06. The second-order valence-electron chi connectivity index (χ2n) is 5.50. The van der Waals surface area contributed by atoms with Crippen molar-refractivity contribution < 1.29 is 4.39 Å². The van der Waals surface area contributed by atoms with Gasteiger partial charge in [0.05, 0.1) is 0 Å². The average molecular weight is 411 g/mol. The average Bonchev–Trinajstić information content (AvgIpc) is 3.08. The SMILES string of the molecule is CN(C)c1ncnc(Cl)c1CSc1nnc(NCc2ccc(F)cc2)s1. The molecule has 0 aliphatic heterocycles. The van der Waals surface area contributed by atoms with Crippen LogP contribution in [0, 0.1) is 5.82 Å². The van der Waals surface area contributed by atoms with E-state index in [-0.39, 0.29) is 5.82 Å². The lowest BCUT2D eigenvalue weighted by Crippen LogP contribution is -2.13. The smallest absolute Gasteiger partial charge is 0.206 e. The molecule has 0 saturated heterocycles. The van der Waals surface area contributed by atoms with Gasteiger partial charge in [0, 0.05) is 32.0 Å². The van der Waals surface area contributed by atoms with E-state index in [0.29, 0.717) is 22.6 Å². The van der Waals surface area contributed by atoms with E-state index in [1.807, 2.05) is 19.0 Å². The molecule has 0 spiro atoms. The lowest BCUT2D eigenvalue weighted by Gasteiger charge is -2.15. The summed E-state index contributed by atoms with van der Waals surface area (Å²) in [4.78, 5) is 10.2. The Kier molecular flexibility index (Phi) is 6.23. The minimum Gasteiger partial charge on any atom is -0.362 e. The molecular weight excluding hydrogens is 395 g/mol. The molecule has 0 unspecified atom stereocenters. The molecule has 0 aliphatic carbocycles. The monoisotopic (exact) mass is 410 g/mol. The fourth-order valence-electron chi connectivity index (χ4n) is 2.15. The zero-order chi connectivity index (χ0) is 18.5. The highest BCUT2D eigenvalue weighted by atomic mass is 35.5. The van der Waals surface area contributed by atoms with Gasteiger partial charge in [-0.05, 0) is 17.7 Å². The van der Waals surface area contributed by atoms with Gasteiger partial charge in [-0.2, -0.15) is 0 Å². The minimum atomic E-state index is -0.246. The van der Waals surface area contributed by atoms with Crippen LogP contribution in [0.2, 0.25) is 5.15 Å². The molecule has 2 aromatic heterocycles. The lowest BCUT2D eigenvalue weighted by molar-refractivity contribution is 0.627. The van der Waals surface area contributed by atoms with Crippen molar-refractivity contribution in [3.8, 4) is 0 Å². The normalized spacial score (nSPS) is 10.8. The molecule has 0 atom stereocenters. The Morgan fingerprint density at radius 1 is 1.19 bits per heavy atom. The summed E-state index contributed by atoms with van der Waals surface area (Å²) >= 11 is 9.19. The molecule has 1 aromatic carbocycles. The van der Waals surface area contributed by atoms with Crippen LogP contribution in [0.1, 0.15) is 11.1 Å². The van der Waals surface area contributed by atoms with Crippen molar-refractivity contribution in [3.05, 3.63) is 52.7 Å². The largest absolute Gasteiger partial charge is 0.362 e. The van der Waals surface area contributed by atoms with E-state index in [1.54, 1.807) is 12.1 Å². The Hall–Kier alpha value is -1.97. The summed E-state index contributed by atoms with van der Waals surface area (Å²) in [5, 5.41) is 12.6. The fraction of sp³-hybridized carbons (Fsp3) is 0.250. The van der Waals surface area contributed by atoms with Crippen LogP contribution in [0.25, 0.3) is 0 Å². The van der Waals surface area contributed by atoms with Gasteiger partial charge >= 0.3 is 0 Å². The van der Waals surface area contributed by atoms with Gasteiger partial charge in [0.1, 0.15) is 23.1 Å². The van der Waals surface area contributed by atoms with Gasteiger partial charge < -0.3 is 10.2 Å². The third kappa shape index (κ3) is 4.80. The Bertz CT molecular complexity index is 871. The van der Waals surface area contributed by atoms with Crippen molar-refractivity contribution in [2.75, 3.05) is 24.3 Å². The van der Waals surface area contributed by atoms with E-state index >= 15 is 0 Å². The Morgan fingerprint density at radius 2 is 1.96 bits per heavy atom. The molecule has 1 N–H and O–H groups in total. The van der Waals surface area contributed by atoms with Crippen LogP contribution in [0.5, 0.6) is 0 Å². The van der Waals surface area contributed by atoms with Gasteiger partial charge in [0.25, 0.3) is 0 Å². The van der Waals surface area contributed by atoms with Crippen molar-refractivity contribution in [3.63, 3.8) is 0 Å². The number of nitrogens with zero attached hydrogens (tertiary/aromatic N) is 5. The summed E-state index contributed by atoms with van der Waals surface area (Å²) in [6, 6.07) is 6.34. The van der Waals surface area contributed by atoms with Gasteiger partial charge in [-0.25, -0.2) is 14.4 Å². The van der Waals surface area contributed by atoms with Crippen molar-refractivity contribution in [1.29, 1.82) is 0 Å². The zero-order valence-corrected chi connectivity index (χ0v) is 16.5. The third-order valence-electron chi connectivity index (χ3n) is 3.40. The topological polar surface area (TPSA) is 66.8 Å². The molecule has 0 aliphatic rings. The first-order valence-corrected chi connectivity index (χ1v) is 9.82. The van der Waals surface area contributed by atoms with Crippen molar-refractivity contribution in [1.82, 2.24) is 20.2 Å². The predicted molar refractivity (Wildman–Crippen MR) is 105 cm³/mol. The van der Waals surface area contributed by atoms with Crippen LogP contribution in [0.4, 0.5) is 15.3 Å². The van der Waals surface area contributed by atoms with Crippen molar-refractivity contribution in [2.24, 2.45) is 0 Å². The van der Waals surface area contributed by atoms with Gasteiger partial charge in [-0.1, -0.05) is 46.8 Å². The summed E-state index contributed by atoms with van der Waals surface area (Å²) in [6.45, 7) is 0.558.